The predicted molar refractivity (Wildman–Crippen MR) is 78.7 cm³/mol. The Bertz CT molecular complexity index is 635. The van der Waals surface area contributed by atoms with Crippen molar-refractivity contribution in [3.05, 3.63) is 32.6 Å². The lowest BCUT2D eigenvalue weighted by Gasteiger charge is -2.05. The quantitative estimate of drug-likeness (QED) is 0.809. The molecule has 0 atom stereocenters. The van der Waals surface area contributed by atoms with Gasteiger partial charge in [-0.3, -0.25) is 5.32 Å². The number of thiophene rings is 1. The number of anilines is 1. The lowest BCUT2D eigenvalue weighted by atomic mass is 10.1. The first-order valence-corrected chi connectivity index (χ1v) is 7.50. The number of amides is 2. The number of carboxylic acids is 1. The molecule has 106 valence electrons. The molecule has 3 N–H and O–H groups in total. The van der Waals surface area contributed by atoms with E-state index >= 15 is 0 Å². The van der Waals surface area contributed by atoms with E-state index in [4.69, 9.17) is 0 Å². The van der Waals surface area contributed by atoms with Crippen LogP contribution in [-0.4, -0.2) is 22.1 Å². The highest BCUT2D eigenvalue weighted by molar-refractivity contribution is 7.16. The van der Waals surface area contributed by atoms with E-state index in [-0.39, 0.29) is 5.56 Å². The van der Waals surface area contributed by atoms with Crippen LogP contribution in [0.15, 0.2) is 10.9 Å². The number of hydrogen-bond acceptors (Lipinski definition) is 5. The second kappa shape index (κ2) is 6.02. The SMILES string of the molecule is Cc1sc(NC(=O)NCc2cscn2)c(C(=O)O)c1C. The molecule has 0 aliphatic heterocycles. The monoisotopic (exact) mass is 311 g/mol. The van der Waals surface area contributed by atoms with E-state index in [9.17, 15) is 14.7 Å². The van der Waals surface area contributed by atoms with E-state index in [1.54, 1.807) is 12.4 Å². The zero-order chi connectivity index (χ0) is 14.7. The molecule has 2 rings (SSSR count). The molecule has 0 saturated carbocycles. The molecular weight excluding hydrogens is 298 g/mol. The molecule has 0 unspecified atom stereocenters. The van der Waals surface area contributed by atoms with Crippen molar-refractivity contribution >= 4 is 39.7 Å². The zero-order valence-corrected chi connectivity index (χ0v) is 12.5. The van der Waals surface area contributed by atoms with Gasteiger partial charge in [0.05, 0.1) is 23.3 Å². The molecule has 0 radical (unpaired) electrons. The topological polar surface area (TPSA) is 91.3 Å². The van der Waals surface area contributed by atoms with Crippen LogP contribution in [0, 0.1) is 13.8 Å². The number of aromatic nitrogens is 1. The summed E-state index contributed by atoms with van der Waals surface area (Å²) in [6.45, 7) is 3.86. The fourth-order valence-corrected chi connectivity index (χ4v) is 3.22. The van der Waals surface area contributed by atoms with Crippen LogP contribution in [0.4, 0.5) is 9.80 Å². The maximum Gasteiger partial charge on any atom is 0.338 e. The molecule has 0 aromatic carbocycles. The lowest BCUT2D eigenvalue weighted by molar-refractivity contribution is 0.0697. The number of urea groups is 1. The molecule has 0 saturated heterocycles. The van der Waals surface area contributed by atoms with Gasteiger partial charge in [-0.15, -0.1) is 22.7 Å². The van der Waals surface area contributed by atoms with Crippen LogP contribution >= 0.6 is 22.7 Å². The molecule has 0 fully saturated rings. The summed E-state index contributed by atoms with van der Waals surface area (Å²) in [5.74, 6) is -1.04. The minimum atomic E-state index is -1.04. The number of hydrogen-bond donors (Lipinski definition) is 3. The Morgan fingerprint density at radius 1 is 1.40 bits per heavy atom. The predicted octanol–water partition coefficient (Wildman–Crippen LogP) is 2.84. The van der Waals surface area contributed by atoms with Gasteiger partial charge in [-0.1, -0.05) is 0 Å². The van der Waals surface area contributed by atoms with Crippen molar-refractivity contribution in [1.29, 1.82) is 0 Å². The van der Waals surface area contributed by atoms with Gasteiger partial charge in [-0.2, -0.15) is 0 Å². The van der Waals surface area contributed by atoms with Crippen LogP contribution in [0.2, 0.25) is 0 Å². The Kier molecular flexibility index (Phi) is 4.35. The van der Waals surface area contributed by atoms with E-state index in [0.29, 0.717) is 17.1 Å². The summed E-state index contributed by atoms with van der Waals surface area (Å²) in [6, 6.07) is -0.443. The molecular formula is C12H13N3O3S2. The van der Waals surface area contributed by atoms with Crippen molar-refractivity contribution in [3.8, 4) is 0 Å². The molecule has 0 aliphatic rings. The zero-order valence-electron chi connectivity index (χ0n) is 10.9. The number of nitrogens with zero attached hydrogens (tertiary/aromatic N) is 1. The number of nitrogens with one attached hydrogen (secondary N) is 2. The normalized spacial score (nSPS) is 10.3. The van der Waals surface area contributed by atoms with Gasteiger partial charge in [0.2, 0.25) is 0 Å². The van der Waals surface area contributed by atoms with E-state index in [2.05, 4.69) is 15.6 Å². The van der Waals surface area contributed by atoms with Gasteiger partial charge in [0.15, 0.2) is 0 Å². The van der Waals surface area contributed by atoms with Crippen molar-refractivity contribution in [2.45, 2.75) is 20.4 Å². The average Bonchev–Trinajstić information content (AvgIpc) is 2.96. The molecule has 2 heterocycles. The van der Waals surface area contributed by atoms with Crippen LogP contribution in [-0.2, 0) is 6.54 Å². The summed E-state index contributed by atoms with van der Waals surface area (Å²) < 4.78 is 0. The first kappa shape index (κ1) is 14.5. The van der Waals surface area contributed by atoms with Crippen LogP contribution in [0.25, 0.3) is 0 Å². The summed E-state index contributed by atoms with van der Waals surface area (Å²) in [7, 11) is 0. The Balaban J connectivity index is 2.04. The second-order valence-electron chi connectivity index (χ2n) is 4.08. The highest BCUT2D eigenvalue weighted by atomic mass is 32.1. The van der Waals surface area contributed by atoms with E-state index in [1.165, 1.54) is 22.7 Å². The average molecular weight is 311 g/mol. The minimum Gasteiger partial charge on any atom is -0.478 e. The van der Waals surface area contributed by atoms with Crippen molar-refractivity contribution in [2.75, 3.05) is 5.32 Å². The number of carboxylic acid groups (broad SMARTS) is 1. The third kappa shape index (κ3) is 3.14. The molecule has 0 aliphatic carbocycles. The summed E-state index contributed by atoms with van der Waals surface area (Å²) in [4.78, 5) is 27.9. The molecule has 20 heavy (non-hydrogen) atoms. The van der Waals surface area contributed by atoms with Crippen molar-refractivity contribution in [1.82, 2.24) is 10.3 Å². The van der Waals surface area contributed by atoms with Gasteiger partial charge < -0.3 is 10.4 Å². The van der Waals surface area contributed by atoms with Crippen molar-refractivity contribution in [3.63, 3.8) is 0 Å². The van der Waals surface area contributed by atoms with Gasteiger partial charge in [0, 0.05) is 10.3 Å². The molecule has 2 aromatic heterocycles. The fourth-order valence-electron chi connectivity index (χ4n) is 1.62. The molecule has 8 heteroatoms. The van der Waals surface area contributed by atoms with Crippen LogP contribution in [0.3, 0.4) is 0 Å². The molecule has 2 amide bonds. The Hall–Kier alpha value is -1.93. The summed E-state index contributed by atoms with van der Waals surface area (Å²) in [6.07, 6.45) is 0. The summed E-state index contributed by atoms with van der Waals surface area (Å²) >= 11 is 2.70. The Morgan fingerprint density at radius 2 is 2.15 bits per heavy atom. The number of thiazole rings is 1. The number of aryl methyl sites for hydroxylation is 1. The maximum absolute atomic E-state index is 11.8. The Morgan fingerprint density at radius 3 is 2.75 bits per heavy atom. The van der Waals surface area contributed by atoms with Gasteiger partial charge in [0.25, 0.3) is 0 Å². The van der Waals surface area contributed by atoms with Crippen LogP contribution in [0.1, 0.15) is 26.5 Å². The fraction of sp³-hybridized carbons (Fsp3) is 0.250. The standard InChI is InChI=1S/C12H13N3O3S2/c1-6-7(2)20-10(9(6)11(16)17)15-12(18)13-3-8-4-19-5-14-8/h4-5H,3H2,1-2H3,(H,16,17)(H2,13,15,18). The number of rotatable bonds is 4. The molecule has 0 bridgehead atoms. The van der Waals surface area contributed by atoms with Crippen LogP contribution in [0.5, 0.6) is 0 Å². The van der Waals surface area contributed by atoms with Gasteiger partial charge in [0.1, 0.15) is 5.00 Å². The van der Waals surface area contributed by atoms with Crippen molar-refractivity contribution < 1.29 is 14.7 Å². The first-order chi connectivity index (χ1) is 9.49. The molecule has 2 aromatic rings. The lowest BCUT2D eigenvalue weighted by Crippen LogP contribution is -2.28. The third-order valence-corrected chi connectivity index (χ3v) is 4.50. The number of carbonyl (C=O) groups excluding carboxylic acids is 1. The van der Waals surface area contributed by atoms with E-state index in [0.717, 1.165) is 10.6 Å². The maximum atomic E-state index is 11.8. The number of carbonyl (C=O) groups is 2. The molecule has 6 nitrogen and oxygen atoms in total. The van der Waals surface area contributed by atoms with Gasteiger partial charge in [-0.05, 0) is 19.4 Å². The van der Waals surface area contributed by atoms with Crippen molar-refractivity contribution in [2.24, 2.45) is 0 Å². The minimum absolute atomic E-state index is 0.149. The Labute approximate surface area is 123 Å². The van der Waals surface area contributed by atoms with Gasteiger partial charge in [-0.25, -0.2) is 14.6 Å². The highest BCUT2D eigenvalue weighted by Crippen LogP contribution is 2.32. The largest absolute Gasteiger partial charge is 0.478 e. The number of aromatic carboxylic acids is 1. The highest BCUT2D eigenvalue weighted by Gasteiger charge is 2.20. The summed E-state index contributed by atoms with van der Waals surface area (Å²) in [5.41, 5.74) is 3.28. The van der Waals surface area contributed by atoms with E-state index in [1.807, 2.05) is 12.3 Å². The van der Waals surface area contributed by atoms with Crippen LogP contribution < -0.4 is 10.6 Å². The first-order valence-electron chi connectivity index (χ1n) is 5.74. The van der Waals surface area contributed by atoms with Gasteiger partial charge >= 0.3 is 12.0 Å². The second-order valence-corrected chi connectivity index (χ2v) is 6.02. The summed E-state index contributed by atoms with van der Waals surface area (Å²) in [5, 5.41) is 16.6. The molecule has 0 spiro atoms. The smallest absolute Gasteiger partial charge is 0.338 e. The third-order valence-electron chi connectivity index (χ3n) is 2.74. The van der Waals surface area contributed by atoms with E-state index < -0.39 is 12.0 Å².